The van der Waals surface area contributed by atoms with E-state index in [1.165, 1.54) is 5.56 Å². The van der Waals surface area contributed by atoms with Gasteiger partial charge in [0.25, 0.3) is 0 Å². The maximum atomic E-state index is 4.67. The zero-order chi connectivity index (χ0) is 15.4. The summed E-state index contributed by atoms with van der Waals surface area (Å²) < 4.78 is 0. The van der Waals surface area contributed by atoms with Crippen LogP contribution in [0.1, 0.15) is 43.6 Å². The number of hydrogen-bond donors (Lipinski definition) is 2. The molecule has 0 saturated carbocycles. The minimum atomic E-state index is 0.293. The van der Waals surface area contributed by atoms with Crippen LogP contribution in [-0.4, -0.2) is 16.5 Å². The first-order valence-corrected chi connectivity index (χ1v) is 7.47. The predicted molar refractivity (Wildman–Crippen MR) is 89.5 cm³/mol. The monoisotopic (exact) mass is 284 g/mol. The van der Waals surface area contributed by atoms with Crippen molar-refractivity contribution in [2.24, 2.45) is 0 Å². The molecule has 0 amide bonds. The first-order chi connectivity index (χ1) is 10.0. The highest BCUT2D eigenvalue weighted by Gasteiger charge is 2.12. The number of aryl methyl sites for hydroxylation is 1. The van der Waals surface area contributed by atoms with Crippen molar-refractivity contribution in [2.75, 3.05) is 17.2 Å². The van der Waals surface area contributed by atoms with Gasteiger partial charge < -0.3 is 10.6 Å². The molecule has 0 atom stereocenters. The van der Waals surface area contributed by atoms with Crippen LogP contribution in [0.15, 0.2) is 24.3 Å². The van der Waals surface area contributed by atoms with Crippen molar-refractivity contribution >= 4 is 17.3 Å². The number of nitrogens with one attached hydrogen (secondary N) is 2. The van der Waals surface area contributed by atoms with Crippen molar-refractivity contribution < 1.29 is 0 Å². The summed E-state index contributed by atoms with van der Waals surface area (Å²) in [6.07, 6.45) is 0. The second kappa shape index (κ2) is 6.57. The Morgan fingerprint density at radius 2 is 1.62 bits per heavy atom. The second-order valence-corrected chi connectivity index (χ2v) is 5.58. The Labute approximate surface area is 127 Å². The quantitative estimate of drug-likeness (QED) is 0.854. The predicted octanol–water partition coefficient (Wildman–Crippen LogP) is 4.39. The van der Waals surface area contributed by atoms with Gasteiger partial charge in [0, 0.05) is 23.7 Å². The molecular weight excluding hydrogens is 260 g/mol. The number of anilines is 3. The van der Waals surface area contributed by atoms with Gasteiger partial charge >= 0.3 is 0 Å². The van der Waals surface area contributed by atoms with E-state index >= 15 is 0 Å². The van der Waals surface area contributed by atoms with Gasteiger partial charge in [0.05, 0.1) is 0 Å². The van der Waals surface area contributed by atoms with Crippen molar-refractivity contribution in [1.29, 1.82) is 0 Å². The van der Waals surface area contributed by atoms with Crippen molar-refractivity contribution in [3.8, 4) is 0 Å². The maximum absolute atomic E-state index is 4.67. The average molecular weight is 284 g/mol. The number of benzene rings is 1. The molecule has 1 aromatic carbocycles. The van der Waals surface area contributed by atoms with E-state index in [0.29, 0.717) is 5.92 Å². The molecular formula is C17H24N4. The summed E-state index contributed by atoms with van der Waals surface area (Å²) in [4.78, 5) is 9.29. The molecule has 4 heteroatoms. The van der Waals surface area contributed by atoms with Gasteiger partial charge in [-0.3, -0.25) is 0 Å². The maximum Gasteiger partial charge on any atom is 0.139 e. The van der Waals surface area contributed by atoms with Gasteiger partial charge in [-0.1, -0.05) is 31.5 Å². The fraction of sp³-hybridized carbons (Fsp3) is 0.412. The minimum absolute atomic E-state index is 0.293. The highest BCUT2D eigenvalue weighted by molar-refractivity contribution is 5.65. The third-order valence-electron chi connectivity index (χ3n) is 3.34. The number of aromatic nitrogens is 2. The lowest BCUT2D eigenvalue weighted by atomic mass is 10.2. The summed E-state index contributed by atoms with van der Waals surface area (Å²) >= 11 is 0. The molecule has 0 aliphatic heterocycles. The van der Waals surface area contributed by atoms with E-state index in [2.05, 4.69) is 72.6 Å². The molecule has 0 aliphatic rings. The molecule has 2 rings (SSSR count). The lowest BCUT2D eigenvalue weighted by Crippen LogP contribution is -2.10. The molecule has 0 aliphatic carbocycles. The SMILES string of the molecule is CCNc1nc(C(C)C)nc(Nc2ccc(C)cc2)c1C. The van der Waals surface area contributed by atoms with E-state index in [0.717, 1.165) is 35.3 Å². The molecule has 21 heavy (non-hydrogen) atoms. The Hall–Kier alpha value is -2.10. The third-order valence-corrected chi connectivity index (χ3v) is 3.34. The lowest BCUT2D eigenvalue weighted by molar-refractivity contribution is 0.774. The summed E-state index contributed by atoms with van der Waals surface area (Å²) in [5, 5.41) is 6.72. The number of rotatable bonds is 5. The molecule has 4 nitrogen and oxygen atoms in total. The van der Waals surface area contributed by atoms with Gasteiger partial charge in [-0.15, -0.1) is 0 Å². The molecule has 1 aromatic heterocycles. The first kappa shape index (κ1) is 15.3. The molecule has 2 N–H and O–H groups in total. The van der Waals surface area contributed by atoms with Gasteiger partial charge in [-0.25, -0.2) is 9.97 Å². The van der Waals surface area contributed by atoms with Crippen LogP contribution in [-0.2, 0) is 0 Å². The van der Waals surface area contributed by atoms with Crippen LogP contribution in [0.4, 0.5) is 17.3 Å². The van der Waals surface area contributed by atoms with Crippen molar-refractivity contribution in [2.45, 2.75) is 40.5 Å². The van der Waals surface area contributed by atoms with Crippen molar-refractivity contribution in [3.63, 3.8) is 0 Å². The molecule has 0 saturated heterocycles. The van der Waals surface area contributed by atoms with E-state index in [-0.39, 0.29) is 0 Å². The fourth-order valence-electron chi connectivity index (χ4n) is 2.03. The van der Waals surface area contributed by atoms with Crippen molar-refractivity contribution in [1.82, 2.24) is 9.97 Å². The van der Waals surface area contributed by atoms with E-state index in [1.54, 1.807) is 0 Å². The summed E-state index contributed by atoms with van der Waals surface area (Å²) in [5.74, 6) is 2.92. The first-order valence-electron chi connectivity index (χ1n) is 7.47. The largest absolute Gasteiger partial charge is 0.370 e. The number of nitrogens with zero attached hydrogens (tertiary/aromatic N) is 2. The van der Waals surface area contributed by atoms with Crippen LogP contribution in [0.3, 0.4) is 0 Å². The number of hydrogen-bond acceptors (Lipinski definition) is 4. The smallest absolute Gasteiger partial charge is 0.139 e. The fourth-order valence-corrected chi connectivity index (χ4v) is 2.03. The van der Waals surface area contributed by atoms with Gasteiger partial charge in [-0.2, -0.15) is 0 Å². The normalized spacial score (nSPS) is 10.8. The Morgan fingerprint density at radius 1 is 1.00 bits per heavy atom. The standard InChI is InChI=1S/C17H24N4/c1-6-18-16-13(5)17(21-15(20-16)11(2)3)19-14-9-7-12(4)8-10-14/h7-11H,6H2,1-5H3,(H2,18,19,20,21). The topological polar surface area (TPSA) is 49.8 Å². The molecule has 0 spiro atoms. The Bertz CT molecular complexity index is 603. The Kier molecular flexibility index (Phi) is 4.78. The summed E-state index contributed by atoms with van der Waals surface area (Å²) in [7, 11) is 0. The van der Waals surface area contributed by atoms with Gasteiger partial charge in [0.2, 0.25) is 0 Å². The molecule has 0 radical (unpaired) electrons. The third kappa shape index (κ3) is 3.72. The molecule has 0 unspecified atom stereocenters. The average Bonchev–Trinajstić information content (AvgIpc) is 2.45. The highest BCUT2D eigenvalue weighted by atomic mass is 15.1. The van der Waals surface area contributed by atoms with Crippen LogP contribution >= 0.6 is 0 Å². The van der Waals surface area contributed by atoms with Crippen LogP contribution in [0, 0.1) is 13.8 Å². The molecule has 0 bridgehead atoms. The van der Waals surface area contributed by atoms with E-state index in [4.69, 9.17) is 0 Å². The Morgan fingerprint density at radius 3 is 2.19 bits per heavy atom. The zero-order valence-electron chi connectivity index (χ0n) is 13.5. The van der Waals surface area contributed by atoms with Crippen LogP contribution in [0.2, 0.25) is 0 Å². The molecule has 2 aromatic rings. The van der Waals surface area contributed by atoms with Gasteiger partial charge in [0.1, 0.15) is 17.5 Å². The van der Waals surface area contributed by atoms with E-state index in [1.807, 2.05) is 6.92 Å². The van der Waals surface area contributed by atoms with Crippen LogP contribution < -0.4 is 10.6 Å². The molecule has 0 fully saturated rings. The van der Waals surface area contributed by atoms with E-state index in [9.17, 15) is 0 Å². The van der Waals surface area contributed by atoms with E-state index < -0.39 is 0 Å². The molecule has 1 heterocycles. The zero-order valence-corrected chi connectivity index (χ0v) is 13.5. The lowest BCUT2D eigenvalue weighted by Gasteiger charge is -2.16. The minimum Gasteiger partial charge on any atom is -0.370 e. The van der Waals surface area contributed by atoms with Crippen LogP contribution in [0.5, 0.6) is 0 Å². The van der Waals surface area contributed by atoms with Crippen LogP contribution in [0.25, 0.3) is 0 Å². The second-order valence-electron chi connectivity index (χ2n) is 5.58. The summed E-state index contributed by atoms with van der Waals surface area (Å²) in [5.41, 5.74) is 3.33. The summed E-state index contributed by atoms with van der Waals surface area (Å²) in [6.45, 7) is 11.3. The van der Waals surface area contributed by atoms with Gasteiger partial charge in [0.15, 0.2) is 0 Å². The highest BCUT2D eigenvalue weighted by Crippen LogP contribution is 2.25. The molecule has 112 valence electrons. The van der Waals surface area contributed by atoms with Crippen molar-refractivity contribution in [3.05, 3.63) is 41.2 Å². The summed E-state index contributed by atoms with van der Waals surface area (Å²) in [6, 6.07) is 8.32. The Balaban J connectivity index is 2.38. The van der Waals surface area contributed by atoms with Gasteiger partial charge in [-0.05, 0) is 32.9 Å².